The maximum absolute atomic E-state index is 12.6. The van der Waals surface area contributed by atoms with Gasteiger partial charge in [-0.1, -0.05) is 11.8 Å². The Morgan fingerprint density at radius 3 is 2.89 bits per heavy atom. The lowest BCUT2D eigenvalue weighted by Gasteiger charge is -2.13. The number of hydrogen-bond donors (Lipinski definition) is 1. The van der Waals surface area contributed by atoms with Crippen LogP contribution in [-0.2, 0) is 17.8 Å². The molecular formula is C18H21N3O4S2. The lowest BCUT2D eigenvalue weighted by Crippen LogP contribution is -2.25. The number of carbonyl (C=O) groups is 1. The van der Waals surface area contributed by atoms with Crippen LogP contribution in [0.15, 0.2) is 33.0 Å². The standard InChI is InChI=1S/C18H21N3O4S2/c1-4-21-17(23)16-13(7-8-26-16)20-18(21)27-10-15(22)19-12-6-5-11(24-2)9-14(12)25-3/h5-6,9H,4,7-8,10H2,1-3H3,(H,19,22). The number of anilines is 1. The highest BCUT2D eigenvalue weighted by Gasteiger charge is 2.21. The molecule has 1 aliphatic rings. The number of aromatic nitrogens is 2. The molecule has 0 unspecified atom stereocenters. The summed E-state index contributed by atoms with van der Waals surface area (Å²) in [5, 5.41) is 3.41. The smallest absolute Gasteiger partial charge is 0.268 e. The van der Waals surface area contributed by atoms with E-state index in [1.54, 1.807) is 41.6 Å². The molecule has 0 atom stereocenters. The van der Waals surface area contributed by atoms with Crippen molar-refractivity contribution in [2.75, 3.05) is 31.0 Å². The van der Waals surface area contributed by atoms with Gasteiger partial charge in [0.15, 0.2) is 5.16 Å². The van der Waals surface area contributed by atoms with E-state index in [1.165, 1.54) is 18.9 Å². The Morgan fingerprint density at radius 2 is 2.19 bits per heavy atom. The molecule has 7 nitrogen and oxygen atoms in total. The van der Waals surface area contributed by atoms with E-state index in [9.17, 15) is 9.59 Å². The zero-order valence-corrected chi connectivity index (χ0v) is 17.0. The van der Waals surface area contributed by atoms with Crippen LogP contribution in [0.3, 0.4) is 0 Å². The van der Waals surface area contributed by atoms with Crippen molar-refractivity contribution in [2.24, 2.45) is 0 Å². The van der Waals surface area contributed by atoms with Gasteiger partial charge in [0, 0.05) is 24.8 Å². The second kappa shape index (κ2) is 8.71. The molecule has 2 heterocycles. The molecule has 0 aliphatic carbocycles. The maximum Gasteiger partial charge on any atom is 0.268 e. The zero-order chi connectivity index (χ0) is 19.4. The molecule has 0 spiro atoms. The summed E-state index contributed by atoms with van der Waals surface area (Å²) in [6, 6.07) is 5.18. The summed E-state index contributed by atoms with van der Waals surface area (Å²) in [7, 11) is 3.10. The van der Waals surface area contributed by atoms with Crippen LogP contribution < -0.4 is 20.3 Å². The van der Waals surface area contributed by atoms with Crippen LogP contribution in [0.25, 0.3) is 0 Å². The minimum atomic E-state index is -0.199. The number of hydrogen-bond acceptors (Lipinski definition) is 7. The monoisotopic (exact) mass is 407 g/mol. The normalized spacial score (nSPS) is 12.6. The van der Waals surface area contributed by atoms with E-state index >= 15 is 0 Å². The summed E-state index contributed by atoms with van der Waals surface area (Å²) in [6.45, 7) is 2.43. The number of ether oxygens (including phenoxy) is 2. The molecule has 1 amide bonds. The number of rotatable bonds is 7. The molecule has 1 aromatic carbocycles. The number of benzene rings is 1. The number of nitrogens with zero attached hydrogens (tertiary/aromatic N) is 2. The van der Waals surface area contributed by atoms with E-state index in [4.69, 9.17) is 9.47 Å². The average molecular weight is 408 g/mol. The molecule has 3 rings (SSSR count). The molecule has 0 fully saturated rings. The van der Waals surface area contributed by atoms with Crippen LogP contribution in [0.2, 0.25) is 0 Å². The Kier molecular flexibility index (Phi) is 6.33. The third kappa shape index (κ3) is 4.24. The van der Waals surface area contributed by atoms with Gasteiger partial charge in [0.2, 0.25) is 5.91 Å². The van der Waals surface area contributed by atoms with Crippen LogP contribution in [0.1, 0.15) is 12.6 Å². The van der Waals surface area contributed by atoms with E-state index in [0.29, 0.717) is 28.9 Å². The largest absolute Gasteiger partial charge is 0.497 e. The quantitative estimate of drug-likeness (QED) is 0.558. The highest BCUT2D eigenvalue weighted by molar-refractivity contribution is 8.00. The molecule has 0 bridgehead atoms. The van der Waals surface area contributed by atoms with Gasteiger partial charge in [-0.25, -0.2) is 4.98 Å². The topological polar surface area (TPSA) is 82.5 Å². The van der Waals surface area contributed by atoms with E-state index in [2.05, 4.69) is 10.3 Å². The molecule has 1 aromatic heterocycles. The molecule has 0 radical (unpaired) electrons. The Bertz CT molecular complexity index is 914. The van der Waals surface area contributed by atoms with Gasteiger partial charge in [-0.3, -0.25) is 14.2 Å². The number of carbonyl (C=O) groups excluding carboxylic acids is 1. The molecule has 144 valence electrons. The lowest BCUT2D eigenvalue weighted by molar-refractivity contribution is -0.113. The first-order valence-electron chi connectivity index (χ1n) is 8.48. The summed E-state index contributed by atoms with van der Waals surface area (Å²) < 4.78 is 12.1. The van der Waals surface area contributed by atoms with Crippen molar-refractivity contribution in [3.05, 3.63) is 34.2 Å². The first-order chi connectivity index (χ1) is 13.1. The molecular weight excluding hydrogens is 386 g/mol. The number of aryl methyl sites for hydroxylation is 1. The number of fused-ring (bicyclic) bond motifs is 1. The van der Waals surface area contributed by atoms with Gasteiger partial charge in [-0.2, -0.15) is 0 Å². The van der Waals surface area contributed by atoms with Gasteiger partial charge >= 0.3 is 0 Å². The molecule has 1 aliphatic heterocycles. The van der Waals surface area contributed by atoms with Crippen LogP contribution in [0.4, 0.5) is 5.69 Å². The van der Waals surface area contributed by atoms with Crippen molar-refractivity contribution >= 4 is 35.1 Å². The number of thioether (sulfide) groups is 2. The Balaban J connectivity index is 1.72. The van der Waals surface area contributed by atoms with E-state index in [0.717, 1.165) is 22.8 Å². The Hall–Kier alpha value is -2.13. The fourth-order valence-corrected chi connectivity index (χ4v) is 4.65. The van der Waals surface area contributed by atoms with E-state index in [1.807, 2.05) is 6.92 Å². The van der Waals surface area contributed by atoms with Gasteiger partial charge in [0.1, 0.15) is 11.5 Å². The zero-order valence-electron chi connectivity index (χ0n) is 15.4. The Labute approximate surface area is 165 Å². The third-order valence-electron chi connectivity index (χ3n) is 4.08. The van der Waals surface area contributed by atoms with Crippen LogP contribution in [-0.4, -0.2) is 41.2 Å². The predicted molar refractivity (Wildman–Crippen MR) is 107 cm³/mol. The highest BCUT2D eigenvalue weighted by Crippen LogP contribution is 2.30. The van der Waals surface area contributed by atoms with Crippen LogP contribution >= 0.6 is 23.5 Å². The fraction of sp³-hybridized carbons (Fsp3) is 0.389. The molecule has 9 heteroatoms. The SMILES string of the molecule is CCn1c(SCC(=O)Nc2ccc(OC)cc2OC)nc2c(c1=O)SCC2. The van der Waals surface area contributed by atoms with Crippen molar-refractivity contribution in [3.63, 3.8) is 0 Å². The number of methoxy groups -OCH3 is 2. The van der Waals surface area contributed by atoms with Gasteiger partial charge in [-0.05, 0) is 19.1 Å². The summed E-state index contributed by atoms with van der Waals surface area (Å²) >= 11 is 2.82. The lowest BCUT2D eigenvalue weighted by atomic mass is 10.2. The molecule has 27 heavy (non-hydrogen) atoms. The van der Waals surface area contributed by atoms with E-state index < -0.39 is 0 Å². The second-order valence-electron chi connectivity index (χ2n) is 5.72. The van der Waals surface area contributed by atoms with Crippen LogP contribution in [0, 0.1) is 0 Å². The summed E-state index contributed by atoms with van der Waals surface area (Å²) in [5.74, 6) is 1.99. The highest BCUT2D eigenvalue weighted by atomic mass is 32.2. The molecule has 0 saturated carbocycles. The summed E-state index contributed by atoms with van der Waals surface area (Å²) in [5.41, 5.74) is 1.40. The summed E-state index contributed by atoms with van der Waals surface area (Å²) in [4.78, 5) is 30.3. The number of nitrogens with one attached hydrogen (secondary N) is 1. The molecule has 0 saturated heterocycles. The van der Waals surface area contributed by atoms with Crippen molar-refractivity contribution in [1.82, 2.24) is 9.55 Å². The first kappa shape index (κ1) is 19.6. The first-order valence-corrected chi connectivity index (χ1v) is 10.5. The van der Waals surface area contributed by atoms with Gasteiger partial charge in [-0.15, -0.1) is 11.8 Å². The van der Waals surface area contributed by atoms with Crippen molar-refractivity contribution in [1.29, 1.82) is 0 Å². The van der Waals surface area contributed by atoms with Crippen molar-refractivity contribution < 1.29 is 14.3 Å². The van der Waals surface area contributed by atoms with Crippen molar-refractivity contribution in [3.8, 4) is 11.5 Å². The van der Waals surface area contributed by atoms with E-state index in [-0.39, 0.29) is 17.2 Å². The van der Waals surface area contributed by atoms with Crippen LogP contribution in [0.5, 0.6) is 11.5 Å². The molecule has 1 N–H and O–H groups in total. The predicted octanol–water partition coefficient (Wildman–Crippen LogP) is 2.66. The second-order valence-corrected chi connectivity index (χ2v) is 7.77. The molecule has 2 aromatic rings. The van der Waals surface area contributed by atoms with Crippen molar-refractivity contribution in [2.45, 2.75) is 29.9 Å². The average Bonchev–Trinajstić information content (AvgIpc) is 3.15. The fourth-order valence-electron chi connectivity index (χ4n) is 2.73. The summed E-state index contributed by atoms with van der Waals surface area (Å²) in [6.07, 6.45) is 0.794. The number of amides is 1. The van der Waals surface area contributed by atoms with Gasteiger partial charge < -0.3 is 14.8 Å². The minimum absolute atomic E-state index is 0.00951. The van der Waals surface area contributed by atoms with Gasteiger partial charge in [0.25, 0.3) is 5.56 Å². The Morgan fingerprint density at radius 1 is 1.37 bits per heavy atom. The third-order valence-corrected chi connectivity index (χ3v) is 6.16. The minimum Gasteiger partial charge on any atom is -0.497 e. The van der Waals surface area contributed by atoms with Gasteiger partial charge in [0.05, 0.1) is 36.2 Å². The maximum atomic E-state index is 12.6.